The highest BCUT2D eigenvalue weighted by Crippen LogP contribution is 2.25. The van der Waals surface area contributed by atoms with Crippen LogP contribution in [-0.4, -0.2) is 27.7 Å². The molecule has 0 bridgehead atoms. The first-order valence-electron chi connectivity index (χ1n) is 10.6. The molecule has 1 heterocycles. The zero-order chi connectivity index (χ0) is 22.0. The van der Waals surface area contributed by atoms with Crippen molar-refractivity contribution in [3.05, 3.63) is 88.2 Å². The van der Waals surface area contributed by atoms with E-state index in [1.165, 1.54) is 5.56 Å². The fourth-order valence-corrected chi connectivity index (χ4v) is 3.58. The highest BCUT2D eigenvalue weighted by Gasteiger charge is 2.32. The Morgan fingerprint density at radius 1 is 1.06 bits per heavy atom. The van der Waals surface area contributed by atoms with Crippen molar-refractivity contribution in [1.29, 1.82) is 0 Å². The van der Waals surface area contributed by atoms with Crippen LogP contribution >= 0.6 is 0 Å². The van der Waals surface area contributed by atoms with Crippen molar-refractivity contribution >= 4 is 11.9 Å². The number of aryl methyl sites for hydroxylation is 2. The number of carbonyl (C=O) groups excluding carboxylic acids is 2. The van der Waals surface area contributed by atoms with Gasteiger partial charge in [-0.2, -0.15) is 5.10 Å². The molecule has 31 heavy (non-hydrogen) atoms. The van der Waals surface area contributed by atoms with Crippen molar-refractivity contribution in [1.82, 2.24) is 15.1 Å². The number of carbonyl (C=O) groups is 2. The predicted molar refractivity (Wildman–Crippen MR) is 118 cm³/mol. The highest BCUT2D eigenvalue weighted by atomic mass is 16.5. The van der Waals surface area contributed by atoms with Crippen molar-refractivity contribution in [2.75, 3.05) is 0 Å². The van der Waals surface area contributed by atoms with E-state index in [-0.39, 0.29) is 11.9 Å². The van der Waals surface area contributed by atoms with Crippen molar-refractivity contribution in [3.63, 3.8) is 0 Å². The maximum atomic E-state index is 13.1. The molecule has 1 N–H and O–H groups in total. The predicted octanol–water partition coefficient (Wildman–Crippen LogP) is 4.03. The summed E-state index contributed by atoms with van der Waals surface area (Å²) in [4.78, 5) is 25.9. The molecule has 1 atom stereocenters. The van der Waals surface area contributed by atoms with E-state index in [1.54, 1.807) is 23.7 Å². The van der Waals surface area contributed by atoms with Crippen LogP contribution in [0.25, 0.3) is 0 Å². The van der Waals surface area contributed by atoms with Gasteiger partial charge >= 0.3 is 5.97 Å². The minimum atomic E-state index is -0.992. The van der Waals surface area contributed by atoms with E-state index in [0.717, 1.165) is 24.1 Å². The second kappa shape index (κ2) is 8.76. The molecule has 1 fully saturated rings. The molecule has 1 aromatic heterocycles. The molecule has 0 unspecified atom stereocenters. The number of ether oxygens (including phenoxy) is 1. The molecule has 0 aliphatic heterocycles. The van der Waals surface area contributed by atoms with Gasteiger partial charge in [0.1, 0.15) is 5.56 Å². The smallest absolute Gasteiger partial charge is 0.343 e. The summed E-state index contributed by atoms with van der Waals surface area (Å²) < 4.78 is 7.55. The van der Waals surface area contributed by atoms with Crippen LogP contribution in [0.5, 0.6) is 0 Å². The van der Waals surface area contributed by atoms with Gasteiger partial charge in [0.15, 0.2) is 0 Å². The van der Waals surface area contributed by atoms with Crippen LogP contribution in [0.4, 0.5) is 0 Å². The van der Waals surface area contributed by atoms with Crippen LogP contribution in [-0.2, 0) is 16.1 Å². The summed E-state index contributed by atoms with van der Waals surface area (Å²) in [5.74, 6) is -0.825. The number of nitrogens with one attached hydrogen (secondary N) is 1. The standard InChI is InChI=1S/C25H27N3O3/c1-16-9-11-19(12-10-16)15-28-18(3)22(17(2)27-28)25(30)31-23(20-7-5-4-6-8-20)24(29)26-21-13-14-21/h4-12,21,23H,13-15H2,1-3H3,(H,26,29)/t23-/m0/s1. The SMILES string of the molecule is Cc1ccc(Cn2nc(C)c(C(=O)O[C@H](C(=O)NC3CC3)c3ccccc3)c2C)cc1. The Morgan fingerprint density at radius 2 is 1.74 bits per heavy atom. The topological polar surface area (TPSA) is 73.2 Å². The Balaban J connectivity index is 1.56. The number of rotatable bonds is 7. The number of hydrogen-bond acceptors (Lipinski definition) is 4. The van der Waals surface area contributed by atoms with Gasteiger partial charge in [-0.05, 0) is 39.2 Å². The number of aromatic nitrogens is 2. The lowest BCUT2D eigenvalue weighted by Crippen LogP contribution is -2.33. The lowest BCUT2D eigenvalue weighted by Gasteiger charge is -2.18. The third-order valence-electron chi connectivity index (χ3n) is 5.53. The average Bonchev–Trinajstić information content (AvgIpc) is 3.52. The van der Waals surface area contributed by atoms with Crippen molar-refractivity contribution in [3.8, 4) is 0 Å². The van der Waals surface area contributed by atoms with E-state index in [4.69, 9.17) is 4.74 Å². The lowest BCUT2D eigenvalue weighted by atomic mass is 10.1. The van der Waals surface area contributed by atoms with E-state index in [9.17, 15) is 9.59 Å². The maximum absolute atomic E-state index is 13.1. The summed E-state index contributed by atoms with van der Waals surface area (Å²) in [6.45, 7) is 6.25. The summed E-state index contributed by atoms with van der Waals surface area (Å²) in [6.07, 6.45) is 0.935. The van der Waals surface area contributed by atoms with Crippen LogP contribution in [0.3, 0.4) is 0 Å². The molecule has 0 spiro atoms. The molecule has 1 amide bonds. The quantitative estimate of drug-likeness (QED) is 0.589. The summed E-state index contributed by atoms with van der Waals surface area (Å²) >= 11 is 0. The molecule has 0 radical (unpaired) electrons. The number of hydrogen-bond donors (Lipinski definition) is 1. The molecule has 0 saturated heterocycles. The minimum absolute atomic E-state index is 0.179. The molecular formula is C25H27N3O3. The van der Waals surface area contributed by atoms with Crippen LogP contribution in [0, 0.1) is 20.8 Å². The molecule has 1 aliphatic rings. The van der Waals surface area contributed by atoms with Crippen LogP contribution in [0.1, 0.15) is 57.4 Å². The van der Waals surface area contributed by atoms with Crippen LogP contribution in [0.2, 0.25) is 0 Å². The first-order valence-corrected chi connectivity index (χ1v) is 10.6. The fraction of sp³-hybridized carbons (Fsp3) is 0.320. The molecule has 3 aromatic rings. The molecule has 6 heteroatoms. The Labute approximate surface area is 182 Å². The monoisotopic (exact) mass is 417 g/mol. The van der Waals surface area contributed by atoms with Gasteiger partial charge in [0.2, 0.25) is 6.10 Å². The van der Waals surface area contributed by atoms with E-state index < -0.39 is 12.1 Å². The van der Waals surface area contributed by atoms with Gasteiger partial charge in [-0.3, -0.25) is 9.48 Å². The number of nitrogens with zero attached hydrogens (tertiary/aromatic N) is 2. The average molecular weight is 418 g/mol. The molecule has 1 aliphatic carbocycles. The molecular weight excluding hydrogens is 390 g/mol. The third-order valence-corrected chi connectivity index (χ3v) is 5.53. The summed E-state index contributed by atoms with van der Waals surface area (Å²) in [5, 5.41) is 7.49. The molecule has 6 nitrogen and oxygen atoms in total. The second-order valence-electron chi connectivity index (χ2n) is 8.17. The van der Waals surface area contributed by atoms with Gasteiger partial charge in [0, 0.05) is 11.6 Å². The Kier molecular flexibility index (Phi) is 5.89. The lowest BCUT2D eigenvalue weighted by molar-refractivity contribution is -0.130. The van der Waals surface area contributed by atoms with E-state index in [0.29, 0.717) is 23.4 Å². The zero-order valence-electron chi connectivity index (χ0n) is 18.1. The fourth-order valence-electron chi connectivity index (χ4n) is 3.58. The van der Waals surface area contributed by atoms with Crippen molar-refractivity contribution in [2.45, 2.75) is 52.3 Å². The third kappa shape index (κ3) is 4.85. The number of benzene rings is 2. The molecule has 1 saturated carbocycles. The van der Waals surface area contributed by atoms with E-state index in [1.807, 2.05) is 32.0 Å². The second-order valence-corrected chi connectivity index (χ2v) is 8.17. The molecule has 2 aromatic carbocycles. The zero-order valence-corrected chi connectivity index (χ0v) is 18.1. The number of esters is 1. The largest absolute Gasteiger partial charge is 0.444 e. The van der Waals surface area contributed by atoms with Crippen LogP contribution in [0.15, 0.2) is 54.6 Å². The normalized spacial score (nSPS) is 14.2. The van der Waals surface area contributed by atoms with Crippen molar-refractivity contribution < 1.29 is 14.3 Å². The summed E-state index contributed by atoms with van der Waals surface area (Å²) in [7, 11) is 0. The maximum Gasteiger partial charge on any atom is 0.343 e. The summed E-state index contributed by atoms with van der Waals surface area (Å²) in [5.41, 5.74) is 4.66. The minimum Gasteiger partial charge on any atom is -0.444 e. The van der Waals surface area contributed by atoms with E-state index in [2.05, 4.69) is 34.7 Å². The first kappa shape index (κ1) is 20.8. The van der Waals surface area contributed by atoms with Gasteiger partial charge in [-0.15, -0.1) is 0 Å². The van der Waals surface area contributed by atoms with Gasteiger partial charge in [0.25, 0.3) is 5.91 Å². The summed E-state index contributed by atoms with van der Waals surface area (Å²) in [6, 6.07) is 17.5. The Morgan fingerprint density at radius 3 is 2.39 bits per heavy atom. The van der Waals surface area contributed by atoms with Crippen LogP contribution < -0.4 is 5.32 Å². The molecule has 160 valence electrons. The van der Waals surface area contributed by atoms with Gasteiger partial charge in [0.05, 0.1) is 17.9 Å². The van der Waals surface area contributed by atoms with Gasteiger partial charge < -0.3 is 10.1 Å². The number of amides is 1. The van der Waals surface area contributed by atoms with Gasteiger partial charge in [-0.1, -0.05) is 60.2 Å². The van der Waals surface area contributed by atoms with E-state index >= 15 is 0 Å². The first-order chi connectivity index (χ1) is 14.9. The van der Waals surface area contributed by atoms with Crippen molar-refractivity contribution in [2.24, 2.45) is 0 Å². The molecule has 4 rings (SSSR count). The Hall–Kier alpha value is -3.41. The Bertz CT molecular complexity index is 1080. The van der Waals surface area contributed by atoms with Gasteiger partial charge in [-0.25, -0.2) is 4.79 Å². The highest BCUT2D eigenvalue weighted by molar-refractivity contribution is 5.94.